The molecule has 2 heterocycles. The summed E-state index contributed by atoms with van der Waals surface area (Å²) in [5.41, 5.74) is 0.723. The van der Waals surface area contributed by atoms with Gasteiger partial charge in [-0.2, -0.15) is 0 Å². The first-order valence-corrected chi connectivity index (χ1v) is 7.91. The molecule has 1 saturated heterocycles. The van der Waals surface area contributed by atoms with Crippen LogP contribution in [0.2, 0.25) is 5.02 Å². The zero-order valence-corrected chi connectivity index (χ0v) is 13.5. The van der Waals surface area contributed by atoms with Crippen LogP contribution in [0.4, 0.5) is 0 Å². The number of benzene rings is 1. The molecule has 1 amide bonds. The zero-order valence-electron chi connectivity index (χ0n) is 11.2. The molecule has 22 heavy (non-hydrogen) atoms. The molecule has 0 atom stereocenters. The van der Waals surface area contributed by atoms with E-state index in [1.165, 1.54) is 22.7 Å². The van der Waals surface area contributed by atoms with Gasteiger partial charge in [0, 0.05) is 0 Å². The molecule has 1 aromatic heterocycles. The Morgan fingerprint density at radius 2 is 2.23 bits per heavy atom. The van der Waals surface area contributed by atoms with Crippen molar-refractivity contribution in [3.8, 4) is 5.75 Å². The first kappa shape index (κ1) is 15.1. The second-order valence-corrected chi connectivity index (χ2v) is 6.64. The normalized spacial score (nSPS) is 16.8. The van der Waals surface area contributed by atoms with E-state index >= 15 is 0 Å². The number of phenolic OH excluding ortho intramolecular Hbond substituents is 1. The topological polar surface area (TPSA) is 53.7 Å². The molecule has 0 bridgehead atoms. The first-order valence-electron chi connectivity index (χ1n) is 6.31. The van der Waals surface area contributed by atoms with Crippen LogP contribution in [0.3, 0.4) is 0 Å². The molecule has 7 heteroatoms. The molecule has 3 rings (SSSR count). The number of thioether (sulfide) groups is 1. The Labute approximate surface area is 141 Å². The molecule has 0 spiro atoms. The van der Waals surface area contributed by atoms with Gasteiger partial charge >= 0.3 is 0 Å². The Hall–Kier alpha value is -1.76. The van der Waals surface area contributed by atoms with Crippen molar-refractivity contribution in [2.45, 2.75) is 6.54 Å². The Balaban J connectivity index is 1.83. The lowest BCUT2D eigenvalue weighted by atomic mass is 10.2. The van der Waals surface area contributed by atoms with Crippen LogP contribution >= 0.6 is 35.6 Å². The van der Waals surface area contributed by atoms with E-state index in [4.69, 9.17) is 28.2 Å². The SMILES string of the molecule is O=C1C(=Cc2ccc(O)c(Cl)c2)SC(=S)N1Cc1ccco1. The Morgan fingerprint density at radius 3 is 2.91 bits per heavy atom. The van der Waals surface area contributed by atoms with Gasteiger partial charge in [-0.1, -0.05) is 41.6 Å². The lowest BCUT2D eigenvalue weighted by Gasteiger charge is -2.11. The average molecular weight is 352 g/mol. The van der Waals surface area contributed by atoms with Crippen LogP contribution < -0.4 is 0 Å². The van der Waals surface area contributed by atoms with Gasteiger partial charge in [0.05, 0.1) is 22.7 Å². The fourth-order valence-electron chi connectivity index (χ4n) is 1.96. The van der Waals surface area contributed by atoms with E-state index < -0.39 is 0 Å². The maximum absolute atomic E-state index is 12.4. The van der Waals surface area contributed by atoms with Gasteiger partial charge < -0.3 is 9.52 Å². The summed E-state index contributed by atoms with van der Waals surface area (Å²) < 4.78 is 5.73. The van der Waals surface area contributed by atoms with Crippen LogP contribution in [0.1, 0.15) is 11.3 Å². The third kappa shape index (κ3) is 3.04. The van der Waals surface area contributed by atoms with Crippen molar-refractivity contribution in [1.29, 1.82) is 0 Å². The minimum absolute atomic E-state index is 0.00387. The van der Waals surface area contributed by atoms with E-state index in [2.05, 4.69) is 0 Å². The second-order valence-electron chi connectivity index (χ2n) is 4.56. The van der Waals surface area contributed by atoms with Gasteiger partial charge in [0.25, 0.3) is 5.91 Å². The third-order valence-corrected chi connectivity index (χ3v) is 4.72. The van der Waals surface area contributed by atoms with E-state index in [-0.39, 0.29) is 16.7 Å². The highest BCUT2D eigenvalue weighted by Gasteiger charge is 2.32. The second kappa shape index (κ2) is 6.16. The third-order valence-electron chi connectivity index (χ3n) is 3.04. The van der Waals surface area contributed by atoms with Crippen molar-refractivity contribution in [2.24, 2.45) is 0 Å². The molecule has 1 aromatic carbocycles. The summed E-state index contributed by atoms with van der Waals surface area (Å²) in [4.78, 5) is 14.4. The number of hydrogen-bond acceptors (Lipinski definition) is 5. The monoisotopic (exact) mass is 351 g/mol. The van der Waals surface area contributed by atoms with Gasteiger partial charge in [-0.05, 0) is 35.9 Å². The van der Waals surface area contributed by atoms with E-state index in [1.54, 1.807) is 36.6 Å². The lowest BCUT2D eigenvalue weighted by Crippen LogP contribution is -2.27. The molecule has 1 N–H and O–H groups in total. The van der Waals surface area contributed by atoms with Gasteiger partial charge in [0.15, 0.2) is 0 Å². The van der Waals surface area contributed by atoms with Gasteiger partial charge in [0.2, 0.25) is 0 Å². The molecule has 1 aliphatic heterocycles. The van der Waals surface area contributed by atoms with Gasteiger partial charge in [0.1, 0.15) is 15.8 Å². The molecule has 2 aromatic rings. The number of rotatable bonds is 3. The Morgan fingerprint density at radius 1 is 1.41 bits per heavy atom. The number of nitrogens with zero attached hydrogens (tertiary/aromatic N) is 1. The molecule has 1 fully saturated rings. The molecule has 0 unspecified atom stereocenters. The van der Waals surface area contributed by atoms with Gasteiger partial charge in [-0.25, -0.2) is 0 Å². The number of halogens is 1. The maximum atomic E-state index is 12.4. The van der Waals surface area contributed by atoms with Crippen molar-refractivity contribution >= 4 is 51.9 Å². The summed E-state index contributed by atoms with van der Waals surface area (Å²) in [6.45, 7) is 0.311. The molecule has 4 nitrogen and oxygen atoms in total. The van der Waals surface area contributed by atoms with Crippen molar-refractivity contribution < 1.29 is 14.3 Å². The summed E-state index contributed by atoms with van der Waals surface area (Å²) in [5.74, 6) is 0.505. The summed E-state index contributed by atoms with van der Waals surface area (Å²) in [6.07, 6.45) is 3.26. The van der Waals surface area contributed by atoms with E-state index in [1.807, 2.05) is 0 Å². The lowest BCUT2D eigenvalue weighted by molar-refractivity contribution is -0.122. The minimum Gasteiger partial charge on any atom is -0.506 e. The fraction of sp³-hybridized carbons (Fsp3) is 0.0667. The van der Waals surface area contributed by atoms with Crippen LogP contribution in [0.15, 0.2) is 45.9 Å². The van der Waals surface area contributed by atoms with Crippen molar-refractivity contribution in [2.75, 3.05) is 0 Å². The van der Waals surface area contributed by atoms with Crippen LogP contribution in [0.5, 0.6) is 5.75 Å². The van der Waals surface area contributed by atoms with Crippen LogP contribution in [-0.4, -0.2) is 20.2 Å². The van der Waals surface area contributed by atoms with E-state index in [0.717, 1.165) is 5.56 Å². The predicted octanol–water partition coefficient (Wildman–Crippen LogP) is 4.04. The quantitative estimate of drug-likeness (QED) is 0.668. The van der Waals surface area contributed by atoms with Crippen LogP contribution in [0.25, 0.3) is 6.08 Å². The molecular formula is C15H10ClNO3S2. The first-order chi connectivity index (χ1) is 10.5. The molecule has 1 aliphatic rings. The molecule has 0 aliphatic carbocycles. The number of aromatic hydroxyl groups is 1. The molecule has 112 valence electrons. The van der Waals surface area contributed by atoms with Crippen LogP contribution in [0, 0.1) is 0 Å². The van der Waals surface area contributed by atoms with Gasteiger partial charge in [-0.15, -0.1) is 0 Å². The highest BCUT2D eigenvalue weighted by molar-refractivity contribution is 8.26. The van der Waals surface area contributed by atoms with Crippen molar-refractivity contribution in [3.05, 3.63) is 57.8 Å². The number of hydrogen-bond donors (Lipinski definition) is 1. The summed E-state index contributed by atoms with van der Waals surface area (Å²) in [6, 6.07) is 8.32. The van der Waals surface area contributed by atoms with Crippen LogP contribution in [-0.2, 0) is 11.3 Å². The van der Waals surface area contributed by atoms with E-state index in [0.29, 0.717) is 21.5 Å². The standard InChI is InChI=1S/C15H10ClNO3S2/c16-11-6-9(3-4-12(11)18)7-13-14(19)17(15(21)22-13)8-10-2-1-5-20-10/h1-7,18H,8H2. The fourth-order valence-corrected chi connectivity index (χ4v) is 3.40. The predicted molar refractivity (Wildman–Crippen MR) is 90.5 cm³/mol. The largest absolute Gasteiger partial charge is 0.506 e. The number of carbonyl (C=O) groups excluding carboxylic acids is 1. The van der Waals surface area contributed by atoms with E-state index in [9.17, 15) is 9.90 Å². The number of furan rings is 1. The summed E-state index contributed by atoms with van der Waals surface area (Å²) in [7, 11) is 0. The highest BCUT2D eigenvalue weighted by Crippen LogP contribution is 2.34. The van der Waals surface area contributed by atoms with Gasteiger partial charge in [-0.3, -0.25) is 9.69 Å². The Bertz CT molecular complexity index is 771. The smallest absolute Gasteiger partial charge is 0.266 e. The molecule has 0 radical (unpaired) electrons. The summed E-state index contributed by atoms with van der Waals surface area (Å²) in [5, 5.41) is 9.66. The van der Waals surface area contributed by atoms with Crippen molar-refractivity contribution in [1.82, 2.24) is 4.90 Å². The zero-order chi connectivity index (χ0) is 15.7. The summed E-state index contributed by atoms with van der Waals surface area (Å²) >= 11 is 12.3. The average Bonchev–Trinajstić information content (AvgIpc) is 3.08. The number of thiocarbonyl (C=S) groups is 1. The molecule has 0 saturated carbocycles. The maximum Gasteiger partial charge on any atom is 0.266 e. The minimum atomic E-state index is -0.171. The Kier molecular flexibility index (Phi) is 4.24. The number of carbonyl (C=O) groups is 1. The molecular weight excluding hydrogens is 342 g/mol. The number of phenols is 1. The van der Waals surface area contributed by atoms with Crippen molar-refractivity contribution in [3.63, 3.8) is 0 Å². The highest BCUT2D eigenvalue weighted by atomic mass is 35.5. The number of amides is 1.